The van der Waals surface area contributed by atoms with Crippen LogP contribution in [-0.2, 0) is 32.7 Å². The number of quaternary nitrogens is 1. The van der Waals surface area contributed by atoms with E-state index in [1.807, 2.05) is 21.1 Å². The van der Waals surface area contributed by atoms with Crippen molar-refractivity contribution in [3.05, 3.63) is 48.6 Å². The lowest BCUT2D eigenvalue weighted by atomic mass is 10.0. The molecule has 9 nitrogen and oxygen atoms in total. The van der Waals surface area contributed by atoms with Gasteiger partial charge in [0.1, 0.15) is 19.8 Å². The topological polar surface area (TPSA) is 111 Å². The molecule has 2 atom stereocenters. The number of hydrogen-bond acceptors (Lipinski definition) is 8. The molecule has 10 heteroatoms. The highest BCUT2D eigenvalue weighted by Gasteiger charge is 2.21. The number of carbonyl (C=O) groups excluding carboxylic acids is 2. The van der Waals surface area contributed by atoms with Crippen molar-refractivity contribution in [2.45, 2.75) is 200 Å². The summed E-state index contributed by atoms with van der Waals surface area (Å²) in [5.74, 6) is -0.897. The van der Waals surface area contributed by atoms with E-state index in [-0.39, 0.29) is 26.1 Å². The van der Waals surface area contributed by atoms with Crippen molar-refractivity contribution in [3.63, 3.8) is 0 Å². The van der Waals surface area contributed by atoms with Gasteiger partial charge in [0.25, 0.3) is 7.82 Å². The number of likely N-dealkylation sites (N-methyl/N-ethyl adjacent to an activating group) is 1. The van der Waals surface area contributed by atoms with E-state index < -0.39 is 32.5 Å². The molecule has 0 aromatic rings. The van der Waals surface area contributed by atoms with Crippen molar-refractivity contribution >= 4 is 19.8 Å². The maximum absolute atomic E-state index is 12.7. The van der Waals surface area contributed by atoms with Gasteiger partial charge in [-0.25, -0.2) is 0 Å². The number of ether oxygens (including phenoxy) is 2. The first-order valence-corrected chi connectivity index (χ1v) is 24.8. The van der Waals surface area contributed by atoms with Crippen LogP contribution in [0.1, 0.15) is 194 Å². The fraction of sp³-hybridized carbons (Fsp3) is 0.792. The molecule has 0 N–H and O–H groups in total. The molecule has 0 saturated carbocycles. The summed E-state index contributed by atoms with van der Waals surface area (Å²) in [5.41, 5.74) is 0. The number of carbonyl (C=O) groups is 2. The standard InChI is InChI=1S/C48H88NO8P/c1-6-8-10-12-14-16-18-20-21-22-23-24-25-26-27-29-30-32-34-36-38-40-47(50)54-44-46(45-56-58(52,53)55-43-42-49(3,4)5)57-48(51)41-39-37-35-33-31-28-19-17-15-13-11-9-7-2/h21-22,24-25,27,29,32,34,46H,6-20,23,26,28,30-31,33,35-45H2,1-5H3/b22-21+,25-24+,29-27+,34-32+/t46-/m0/s1. The van der Waals surface area contributed by atoms with E-state index in [0.717, 1.165) is 44.9 Å². The normalized spacial score (nSPS) is 14.0. The Hall–Kier alpha value is -2.03. The van der Waals surface area contributed by atoms with Gasteiger partial charge < -0.3 is 27.9 Å². The Kier molecular flexibility index (Phi) is 39.0. The zero-order chi connectivity index (χ0) is 42.8. The summed E-state index contributed by atoms with van der Waals surface area (Å²) in [6.07, 6.45) is 47.2. The van der Waals surface area contributed by atoms with Crippen LogP contribution < -0.4 is 4.89 Å². The summed E-state index contributed by atoms with van der Waals surface area (Å²) in [7, 11) is 1.14. The van der Waals surface area contributed by atoms with Crippen LogP contribution in [0, 0.1) is 0 Å². The van der Waals surface area contributed by atoms with E-state index in [0.29, 0.717) is 23.9 Å². The largest absolute Gasteiger partial charge is 0.756 e. The molecule has 0 aliphatic carbocycles. The summed E-state index contributed by atoms with van der Waals surface area (Å²) in [4.78, 5) is 37.5. The van der Waals surface area contributed by atoms with Gasteiger partial charge in [-0.3, -0.25) is 14.2 Å². The van der Waals surface area contributed by atoms with Crippen molar-refractivity contribution < 1.29 is 42.1 Å². The van der Waals surface area contributed by atoms with Gasteiger partial charge in [0.2, 0.25) is 0 Å². The fourth-order valence-corrected chi connectivity index (χ4v) is 6.91. The van der Waals surface area contributed by atoms with Gasteiger partial charge >= 0.3 is 11.9 Å². The van der Waals surface area contributed by atoms with Gasteiger partial charge in [0, 0.05) is 12.8 Å². The Morgan fingerprint density at radius 3 is 1.43 bits per heavy atom. The second-order valence-electron chi connectivity index (χ2n) is 16.8. The molecular weight excluding hydrogens is 750 g/mol. The lowest BCUT2D eigenvalue weighted by Gasteiger charge is -2.28. The number of phosphoric ester groups is 1. The number of nitrogens with zero attached hydrogens (tertiary/aromatic N) is 1. The summed E-state index contributed by atoms with van der Waals surface area (Å²) in [6, 6.07) is 0. The van der Waals surface area contributed by atoms with Crippen LogP contribution in [0.25, 0.3) is 0 Å². The Labute approximate surface area is 356 Å². The molecule has 0 bridgehead atoms. The maximum Gasteiger partial charge on any atom is 0.306 e. The SMILES string of the molecule is CCCCCCCCC/C=C/C/C=C/C/C=C/C/C=C/CCCC(=O)OC[C@@H](COP(=O)([O-])OCC[N+](C)(C)C)OC(=O)CCCCCCCCCCCCCCC. The number of esters is 2. The van der Waals surface area contributed by atoms with Gasteiger partial charge in [0.15, 0.2) is 6.10 Å². The first kappa shape index (κ1) is 56.0. The predicted octanol–water partition coefficient (Wildman–Crippen LogP) is 12.8. The van der Waals surface area contributed by atoms with Crippen LogP contribution in [-0.4, -0.2) is 70.0 Å². The molecule has 338 valence electrons. The molecule has 0 saturated heterocycles. The van der Waals surface area contributed by atoms with Crippen molar-refractivity contribution in [1.82, 2.24) is 0 Å². The Bertz CT molecular complexity index is 1130. The number of unbranched alkanes of at least 4 members (excludes halogenated alkanes) is 20. The minimum Gasteiger partial charge on any atom is -0.756 e. The van der Waals surface area contributed by atoms with Crippen molar-refractivity contribution in [1.29, 1.82) is 0 Å². The second kappa shape index (κ2) is 40.4. The summed E-state index contributed by atoms with van der Waals surface area (Å²) < 4.78 is 33.9. The third kappa shape index (κ3) is 43.5. The number of hydrogen-bond donors (Lipinski definition) is 0. The van der Waals surface area contributed by atoms with E-state index in [9.17, 15) is 19.0 Å². The number of phosphoric acid groups is 1. The van der Waals surface area contributed by atoms with Gasteiger partial charge in [-0.2, -0.15) is 0 Å². The molecule has 0 rings (SSSR count). The van der Waals surface area contributed by atoms with Gasteiger partial charge in [-0.15, -0.1) is 0 Å². The van der Waals surface area contributed by atoms with E-state index in [1.54, 1.807) is 0 Å². The summed E-state index contributed by atoms with van der Waals surface area (Å²) in [5, 5.41) is 0. The molecule has 0 aliphatic rings. The molecule has 0 spiro atoms. The average Bonchev–Trinajstić information content (AvgIpc) is 3.17. The highest BCUT2D eigenvalue weighted by atomic mass is 31.2. The van der Waals surface area contributed by atoms with Crippen LogP contribution in [0.2, 0.25) is 0 Å². The van der Waals surface area contributed by atoms with Crippen LogP contribution in [0.5, 0.6) is 0 Å². The molecule has 0 fully saturated rings. The molecule has 1 unspecified atom stereocenters. The molecule has 0 amide bonds. The lowest BCUT2D eigenvalue weighted by Crippen LogP contribution is -2.37. The van der Waals surface area contributed by atoms with Crippen LogP contribution in [0.4, 0.5) is 0 Å². The molecule has 58 heavy (non-hydrogen) atoms. The minimum atomic E-state index is -4.64. The Balaban J connectivity index is 4.39. The molecule has 0 aliphatic heterocycles. The van der Waals surface area contributed by atoms with E-state index >= 15 is 0 Å². The maximum atomic E-state index is 12.7. The zero-order valence-corrected chi connectivity index (χ0v) is 38.9. The summed E-state index contributed by atoms with van der Waals surface area (Å²) in [6.45, 7) is 4.16. The first-order chi connectivity index (χ1) is 28.0. The van der Waals surface area contributed by atoms with Gasteiger partial charge in [0.05, 0.1) is 27.7 Å². The highest BCUT2D eigenvalue weighted by molar-refractivity contribution is 7.45. The molecule has 0 aromatic heterocycles. The average molecular weight is 838 g/mol. The third-order valence-corrected chi connectivity index (χ3v) is 10.8. The molecule has 0 radical (unpaired) electrons. The van der Waals surface area contributed by atoms with Crippen molar-refractivity contribution in [2.24, 2.45) is 0 Å². The zero-order valence-electron chi connectivity index (χ0n) is 38.0. The fourth-order valence-electron chi connectivity index (χ4n) is 6.18. The quantitative estimate of drug-likeness (QED) is 0.0196. The second-order valence-corrected chi connectivity index (χ2v) is 18.2. The predicted molar refractivity (Wildman–Crippen MR) is 240 cm³/mol. The minimum absolute atomic E-state index is 0.0393. The van der Waals surface area contributed by atoms with E-state index in [4.69, 9.17) is 18.5 Å². The van der Waals surface area contributed by atoms with E-state index in [1.165, 1.54) is 109 Å². The van der Waals surface area contributed by atoms with E-state index in [2.05, 4.69) is 62.5 Å². The molecule has 0 aromatic carbocycles. The molecule has 0 heterocycles. The summed E-state index contributed by atoms with van der Waals surface area (Å²) >= 11 is 0. The van der Waals surface area contributed by atoms with Gasteiger partial charge in [-0.1, -0.05) is 178 Å². The Morgan fingerprint density at radius 2 is 0.948 bits per heavy atom. The number of allylic oxidation sites excluding steroid dienone is 8. The third-order valence-electron chi connectivity index (χ3n) is 9.85. The Morgan fingerprint density at radius 1 is 0.534 bits per heavy atom. The number of rotatable bonds is 42. The van der Waals surface area contributed by atoms with Crippen LogP contribution >= 0.6 is 7.82 Å². The smallest absolute Gasteiger partial charge is 0.306 e. The van der Waals surface area contributed by atoms with Crippen LogP contribution in [0.3, 0.4) is 0 Å². The van der Waals surface area contributed by atoms with Crippen molar-refractivity contribution in [3.8, 4) is 0 Å². The molecular formula is C48H88NO8P. The van der Waals surface area contributed by atoms with Crippen molar-refractivity contribution in [2.75, 3.05) is 47.5 Å². The lowest BCUT2D eigenvalue weighted by molar-refractivity contribution is -0.870. The monoisotopic (exact) mass is 838 g/mol. The van der Waals surface area contributed by atoms with Crippen LogP contribution in [0.15, 0.2) is 48.6 Å². The van der Waals surface area contributed by atoms with Gasteiger partial charge in [-0.05, 0) is 51.4 Å². The first-order valence-electron chi connectivity index (χ1n) is 23.3. The highest BCUT2D eigenvalue weighted by Crippen LogP contribution is 2.38.